The predicted molar refractivity (Wildman–Crippen MR) is 115 cm³/mol. The summed E-state index contributed by atoms with van der Waals surface area (Å²) in [4.78, 5) is 29.8. The molecule has 0 saturated carbocycles. The van der Waals surface area contributed by atoms with Gasteiger partial charge in [0.05, 0.1) is 0 Å². The van der Waals surface area contributed by atoms with Crippen LogP contribution in [0.2, 0.25) is 0 Å². The largest absolute Gasteiger partial charge is 3.00 e. The van der Waals surface area contributed by atoms with Crippen molar-refractivity contribution in [1.29, 1.82) is 0 Å². The third-order valence-corrected chi connectivity index (χ3v) is 4.24. The van der Waals surface area contributed by atoms with Crippen LogP contribution in [0.25, 0.3) is 0 Å². The average molecular weight is 627 g/mol. The number of rotatable bonds is 15. The Labute approximate surface area is 206 Å². The van der Waals surface area contributed by atoms with Crippen LogP contribution in [0.15, 0.2) is 0 Å². The zero-order valence-corrected chi connectivity index (χ0v) is 22.6. The van der Waals surface area contributed by atoms with Gasteiger partial charge in [-0.25, -0.2) is 0 Å². The molecule has 0 aliphatic carbocycles. The van der Waals surface area contributed by atoms with Crippen molar-refractivity contribution >= 4 is 17.9 Å². The van der Waals surface area contributed by atoms with Gasteiger partial charge in [0.15, 0.2) is 0 Å². The molecule has 0 bridgehead atoms. The molecule has 0 amide bonds. The summed E-state index contributed by atoms with van der Waals surface area (Å²) < 4.78 is 0. The van der Waals surface area contributed by atoms with Gasteiger partial charge in [-0.1, -0.05) is 80.1 Å². The summed E-state index contributed by atoms with van der Waals surface area (Å²) in [6.45, 7) is 12.8. The quantitative estimate of drug-likeness (QED) is 0.204. The van der Waals surface area contributed by atoms with Crippen molar-refractivity contribution in [3.05, 3.63) is 0 Å². The maximum atomic E-state index is 9.93. The SMILES string of the molecule is CC(C)CCCCC(=O)[O-].CC(C)CCCCC(=O)[O-].CC(C)CCCCC(=O)[O-].[Au+3]. The van der Waals surface area contributed by atoms with Gasteiger partial charge in [-0.15, -0.1) is 0 Å². The van der Waals surface area contributed by atoms with Crippen LogP contribution in [0.3, 0.4) is 0 Å². The monoisotopic (exact) mass is 626 g/mol. The van der Waals surface area contributed by atoms with E-state index in [1.54, 1.807) is 0 Å². The Balaban J connectivity index is -0.000000174. The fraction of sp³-hybridized carbons (Fsp3) is 0.875. The first kappa shape index (κ1) is 37.5. The Morgan fingerprint density at radius 2 is 0.677 bits per heavy atom. The fourth-order valence-corrected chi connectivity index (χ4v) is 2.47. The predicted octanol–water partition coefficient (Wildman–Crippen LogP) is 2.86. The maximum Gasteiger partial charge on any atom is 3.00 e. The van der Waals surface area contributed by atoms with Crippen LogP contribution in [-0.4, -0.2) is 17.9 Å². The number of carboxylic acid groups (broad SMARTS) is 3. The Kier molecular flexibility index (Phi) is 32.9. The Morgan fingerprint density at radius 3 is 0.806 bits per heavy atom. The van der Waals surface area contributed by atoms with Crippen molar-refractivity contribution in [2.24, 2.45) is 17.8 Å². The standard InChI is InChI=1S/3C8H16O2.Au/c3*1-7(2)5-3-4-6-8(9)10;/h3*7H,3-6H2,1-2H3,(H,9,10);/q;;;+3/p-3. The van der Waals surface area contributed by atoms with Crippen molar-refractivity contribution in [2.45, 2.75) is 119 Å². The number of hydrogen-bond donors (Lipinski definition) is 0. The van der Waals surface area contributed by atoms with Crippen LogP contribution >= 0.6 is 0 Å². The molecule has 0 aromatic heterocycles. The van der Waals surface area contributed by atoms with Gasteiger partial charge >= 0.3 is 22.4 Å². The van der Waals surface area contributed by atoms with E-state index in [1.165, 1.54) is 0 Å². The molecule has 0 heterocycles. The molecule has 0 fully saturated rings. The molecule has 0 unspecified atom stereocenters. The summed E-state index contributed by atoms with van der Waals surface area (Å²) in [5.74, 6) is -0.735. The van der Waals surface area contributed by atoms with E-state index in [4.69, 9.17) is 0 Å². The summed E-state index contributed by atoms with van der Waals surface area (Å²) in [5.41, 5.74) is 0. The minimum absolute atomic E-state index is 0. The molecule has 188 valence electrons. The van der Waals surface area contributed by atoms with E-state index in [0.717, 1.165) is 57.8 Å². The third kappa shape index (κ3) is 52.9. The van der Waals surface area contributed by atoms with E-state index < -0.39 is 17.9 Å². The van der Waals surface area contributed by atoms with E-state index in [1.807, 2.05) is 0 Å². The molecular formula is C24H45AuO6. The maximum absolute atomic E-state index is 9.93. The number of aliphatic carboxylic acids is 3. The summed E-state index contributed by atoms with van der Waals surface area (Å²) in [5, 5.41) is 29.8. The first-order chi connectivity index (χ1) is 13.9. The van der Waals surface area contributed by atoms with Gasteiger partial charge in [0.1, 0.15) is 0 Å². The average Bonchev–Trinajstić information content (AvgIpc) is 2.60. The van der Waals surface area contributed by atoms with Crippen LogP contribution in [-0.2, 0) is 36.8 Å². The van der Waals surface area contributed by atoms with Gasteiger partial charge in [-0.05, 0) is 56.3 Å². The van der Waals surface area contributed by atoms with Gasteiger partial charge in [0.25, 0.3) is 0 Å². The second kappa shape index (κ2) is 27.2. The van der Waals surface area contributed by atoms with Crippen LogP contribution in [0.1, 0.15) is 119 Å². The van der Waals surface area contributed by atoms with Crippen molar-refractivity contribution in [3.63, 3.8) is 0 Å². The summed E-state index contributed by atoms with van der Waals surface area (Å²) >= 11 is 0. The van der Waals surface area contributed by atoms with Gasteiger partial charge in [0.2, 0.25) is 0 Å². The summed E-state index contributed by atoms with van der Waals surface area (Å²) in [6, 6.07) is 0. The van der Waals surface area contributed by atoms with Gasteiger partial charge in [-0.3, -0.25) is 0 Å². The number of carboxylic acids is 3. The molecule has 0 spiro atoms. The molecule has 6 nitrogen and oxygen atoms in total. The van der Waals surface area contributed by atoms with Gasteiger partial charge in [-0.2, -0.15) is 0 Å². The normalized spacial score (nSPS) is 9.97. The molecule has 0 aromatic carbocycles. The second-order valence-corrected chi connectivity index (χ2v) is 9.03. The topological polar surface area (TPSA) is 120 Å². The molecule has 0 rings (SSSR count). The summed E-state index contributed by atoms with van der Waals surface area (Å²) in [7, 11) is 0. The number of carbonyl (C=O) groups excluding carboxylic acids is 3. The van der Waals surface area contributed by atoms with E-state index in [2.05, 4.69) is 41.5 Å². The van der Waals surface area contributed by atoms with Gasteiger partial charge in [0, 0.05) is 17.9 Å². The molecule has 0 N–H and O–H groups in total. The Morgan fingerprint density at radius 1 is 0.484 bits per heavy atom. The van der Waals surface area contributed by atoms with Crippen molar-refractivity contribution in [1.82, 2.24) is 0 Å². The Hall–Kier alpha value is -0.850. The van der Waals surface area contributed by atoms with E-state index in [-0.39, 0.29) is 41.6 Å². The number of carbonyl (C=O) groups is 3. The van der Waals surface area contributed by atoms with E-state index >= 15 is 0 Å². The van der Waals surface area contributed by atoms with Crippen molar-refractivity contribution < 1.29 is 52.1 Å². The van der Waals surface area contributed by atoms with Crippen LogP contribution < -0.4 is 15.3 Å². The Bertz CT molecular complexity index is 360. The first-order valence-corrected chi connectivity index (χ1v) is 11.5. The van der Waals surface area contributed by atoms with Gasteiger partial charge < -0.3 is 29.7 Å². The zero-order valence-electron chi connectivity index (χ0n) is 20.5. The van der Waals surface area contributed by atoms with Crippen LogP contribution in [0, 0.1) is 17.8 Å². The minimum atomic E-state index is -0.927. The van der Waals surface area contributed by atoms with E-state index in [9.17, 15) is 29.7 Å². The number of hydrogen-bond acceptors (Lipinski definition) is 6. The molecule has 0 radical (unpaired) electrons. The molecule has 31 heavy (non-hydrogen) atoms. The molecule has 0 atom stereocenters. The minimum Gasteiger partial charge on any atom is -0.550 e. The third-order valence-electron chi connectivity index (χ3n) is 4.24. The van der Waals surface area contributed by atoms with Crippen molar-refractivity contribution in [2.75, 3.05) is 0 Å². The molecular weight excluding hydrogens is 581 g/mol. The molecule has 0 aliphatic rings. The molecule has 0 saturated heterocycles. The molecule has 0 aliphatic heterocycles. The van der Waals surface area contributed by atoms with Crippen LogP contribution in [0.4, 0.5) is 0 Å². The fourth-order valence-electron chi connectivity index (χ4n) is 2.47. The zero-order chi connectivity index (χ0) is 23.9. The molecule has 0 aromatic rings. The smallest absolute Gasteiger partial charge is 0.550 e. The van der Waals surface area contributed by atoms with Crippen LogP contribution in [0.5, 0.6) is 0 Å². The molecule has 7 heteroatoms. The first-order valence-electron chi connectivity index (χ1n) is 11.5. The number of unbranched alkanes of at least 4 members (excludes halogenated alkanes) is 3. The van der Waals surface area contributed by atoms with Crippen molar-refractivity contribution in [3.8, 4) is 0 Å². The second-order valence-electron chi connectivity index (χ2n) is 9.03. The summed E-state index contributed by atoms with van der Waals surface area (Å²) in [6.07, 6.45) is 9.31. The van der Waals surface area contributed by atoms with E-state index in [0.29, 0.717) is 17.8 Å².